The second-order valence-electron chi connectivity index (χ2n) is 4.69. The van der Waals surface area contributed by atoms with Gasteiger partial charge in [0.05, 0.1) is 19.2 Å². The van der Waals surface area contributed by atoms with Crippen LogP contribution in [0.25, 0.3) is 0 Å². The number of amides is 2. The van der Waals surface area contributed by atoms with Crippen molar-refractivity contribution in [2.75, 3.05) is 12.0 Å². The minimum Gasteiger partial charge on any atom is -0.497 e. The van der Waals surface area contributed by atoms with Crippen molar-refractivity contribution in [2.45, 2.75) is 6.42 Å². The van der Waals surface area contributed by atoms with Crippen molar-refractivity contribution in [3.63, 3.8) is 0 Å². The molecule has 0 saturated heterocycles. The molecule has 1 heterocycles. The first-order valence-electron chi connectivity index (χ1n) is 6.40. The SMILES string of the molecule is COc1ccc(Br)c(N2C(=O)Cc3ccccc3C2=O)c1. The van der Waals surface area contributed by atoms with Crippen LogP contribution in [0.15, 0.2) is 46.9 Å². The minimum absolute atomic E-state index is 0.214. The average molecular weight is 346 g/mol. The molecule has 0 fully saturated rings. The van der Waals surface area contributed by atoms with Gasteiger partial charge in [0, 0.05) is 16.1 Å². The van der Waals surface area contributed by atoms with Gasteiger partial charge in [-0.25, -0.2) is 4.90 Å². The number of benzene rings is 2. The summed E-state index contributed by atoms with van der Waals surface area (Å²) in [6.07, 6.45) is 0.214. The molecule has 0 aliphatic carbocycles. The van der Waals surface area contributed by atoms with Crippen LogP contribution in [-0.2, 0) is 11.2 Å². The van der Waals surface area contributed by atoms with Crippen molar-refractivity contribution in [1.82, 2.24) is 0 Å². The summed E-state index contributed by atoms with van der Waals surface area (Å²) in [6.45, 7) is 0. The fourth-order valence-corrected chi connectivity index (χ4v) is 2.82. The summed E-state index contributed by atoms with van der Waals surface area (Å²) in [5.74, 6) is 0.0381. The number of carbonyl (C=O) groups is 2. The minimum atomic E-state index is -0.309. The summed E-state index contributed by atoms with van der Waals surface area (Å²) in [6, 6.07) is 12.4. The summed E-state index contributed by atoms with van der Waals surface area (Å²) in [4.78, 5) is 26.2. The summed E-state index contributed by atoms with van der Waals surface area (Å²) >= 11 is 3.39. The van der Waals surface area contributed by atoms with E-state index in [0.717, 1.165) is 5.56 Å². The number of ether oxygens (including phenoxy) is 1. The third-order valence-electron chi connectivity index (χ3n) is 3.44. The Balaban J connectivity index is 2.11. The van der Waals surface area contributed by atoms with E-state index in [1.807, 2.05) is 12.1 Å². The molecule has 1 aliphatic heterocycles. The number of hydrogen-bond donors (Lipinski definition) is 0. The second-order valence-corrected chi connectivity index (χ2v) is 5.54. The van der Waals surface area contributed by atoms with E-state index in [2.05, 4.69) is 15.9 Å². The number of carbonyl (C=O) groups excluding carboxylic acids is 2. The maximum atomic E-state index is 12.6. The lowest BCUT2D eigenvalue weighted by atomic mass is 9.98. The van der Waals surface area contributed by atoms with Crippen molar-refractivity contribution >= 4 is 33.4 Å². The molecule has 21 heavy (non-hydrogen) atoms. The predicted molar refractivity (Wildman–Crippen MR) is 82.7 cm³/mol. The number of nitrogens with zero attached hydrogens (tertiary/aromatic N) is 1. The van der Waals surface area contributed by atoms with Crippen LogP contribution in [-0.4, -0.2) is 18.9 Å². The van der Waals surface area contributed by atoms with Crippen LogP contribution >= 0.6 is 15.9 Å². The third kappa shape index (κ3) is 2.34. The zero-order chi connectivity index (χ0) is 15.0. The Kier molecular flexibility index (Phi) is 3.51. The Morgan fingerprint density at radius 3 is 2.67 bits per heavy atom. The molecule has 0 aromatic heterocycles. The molecular formula is C16H12BrNO3. The van der Waals surface area contributed by atoms with Gasteiger partial charge in [0.25, 0.3) is 5.91 Å². The molecule has 106 valence electrons. The third-order valence-corrected chi connectivity index (χ3v) is 4.11. The topological polar surface area (TPSA) is 46.6 Å². The van der Waals surface area contributed by atoms with Gasteiger partial charge >= 0.3 is 0 Å². The zero-order valence-corrected chi connectivity index (χ0v) is 12.9. The lowest BCUT2D eigenvalue weighted by Crippen LogP contribution is -2.42. The highest BCUT2D eigenvalue weighted by Gasteiger charge is 2.33. The van der Waals surface area contributed by atoms with E-state index in [4.69, 9.17) is 4.74 Å². The van der Waals surface area contributed by atoms with Crippen LogP contribution in [0.2, 0.25) is 0 Å². The van der Waals surface area contributed by atoms with Crippen molar-refractivity contribution < 1.29 is 14.3 Å². The molecule has 0 atom stereocenters. The van der Waals surface area contributed by atoms with E-state index in [9.17, 15) is 9.59 Å². The van der Waals surface area contributed by atoms with E-state index < -0.39 is 0 Å². The van der Waals surface area contributed by atoms with Gasteiger partial charge in [0.1, 0.15) is 5.75 Å². The van der Waals surface area contributed by atoms with Crippen LogP contribution < -0.4 is 9.64 Å². The van der Waals surface area contributed by atoms with Gasteiger partial charge in [0.2, 0.25) is 5.91 Å². The number of methoxy groups -OCH3 is 1. The lowest BCUT2D eigenvalue weighted by Gasteiger charge is -2.27. The highest BCUT2D eigenvalue weighted by Crippen LogP contribution is 2.34. The summed E-state index contributed by atoms with van der Waals surface area (Å²) < 4.78 is 5.84. The second kappa shape index (κ2) is 5.33. The number of halogens is 1. The van der Waals surface area contributed by atoms with Gasteiger partial charge in [-0.1, -0.05) is 18.2 Å². The lowest BCUT2D eigenvalue weighted by molar-refractivity contribution is -0.117. The molecule has 0 bridgehead atoms. The van der Waals surface area contributed by atoms with E-state index in [0.29, 0.717) is 21.5 Å². The Morgan fingerprint density at radius 2 is 1.90 bits per heavy atom. The molecule has 1 aliphatic rings. The number of imide groups is 1. The van der Waals surface area contributed by atoms with Gasteiger partial charge in [-0.2, -0.15) is 0 Å². The van der Waals surface area contributed by atoms with Gasteiger partial charge in [-0.15, -0.1) is 0 Å². The normalized spacial score (nSPS) is 14.1. The Labute approximate surface area is 130 Å². The Bertz CT molecular complexity index is 742. The van der Waals surface area contributed by atoms with Gasteiger partial charge in [-0.05, 0) is 39.7 Å². The number of anilines is 1. The van der Waals surface area contributed by atoms with Crippen LogP contribution in [0.1, 0.15) is 15.9 Å². The molecule has 0 spiro atoms. The number of hydrogen-bond acceptors (Lipinski definition) is 3. The van der Waals surface area contributed by atoms with Crippen molar-refractivity contribution in [3.05, 3.63) is 58.1 Å². The summed E-state index contributed by atoms with van der Waals surface area (Å²) in [5.41, 5.74) is 1.83. The van der Waals surface area contributed by atoms with E-state index in [-0.39, 0.29) is 18.2 Å². The molecule has 0 unspecified atom stereocenters. The highest BCUT2D eigenvalue weighted by atomic mass is 79.9. The smallest absolute Gasteiger partial charge is 0.265 e. The highest BCUT2D eigenvalue weighted by molar-refractivity contribution is 9.10. The fourth-order valence-electron chi connectivity index (χ4n) is 2.39. The largest absolute Gasteiger partial charge is 0.497 e. The molecule has 3 rings (SSSR count). The summed E-state index contributed by atoms with van der Waals surface area (Å²) in [7, 11) is 1.54. The number of fused-ring (bicyclic) bond motifs is 1. The zero-order valence-electron chi connectivity index (χ0n) is 11.3. The van der Waals surface area contributed by atoms with E-state index in [1.165, 1.54) is 4.90 Å². The van der Waals surface area contributed by atoms with Crippen LogP contribution in [0, 0.1) is 0 Å². The number of rotatable bonds is 2. The van der Waals surface area contributed by atoms with Crippen molar-refractivity contribution in [3.8, 4) is 5.75 Å². The van der Waals surface area contributed by atoms with Crippen LogP contribution in [0.5, 0.6) is 5.75 Å². The van der Waals surface area contributed by atoms with Crippen LogP contribution in [0.3, 0.4) is 0 Å². The van der Waals surface area contributed by atoms with Gasteiger partial charge in [0.15, 0.2) is 0 Å². The monoisotopic (exact) mass is 345 g/mol. The molecular weight excluding hydrogens is 334 g/mol. The maximum Gasteiger partial charge on any atom is 0.265 e. The van der Waals surface area contributed by atoms with Crippen LogP contribution in [0.4, 0.5) is 5.69 Å². The van der Waals surface area contributed by atoms with Gasteiger partial charge < -0.3 is 4.74 Å². The van der Waals surface area contributed by atoms with E-state index in [1.54, 1.807) is 37.4 Å². The first-order valence-corrected chi connectivity index (χ1v) is 7.20. The van der Waals surface area contributed by atoms with Crippen molar-refractivity contribution in [2.24, 2.45) is 0 Å². The summed E-state index contributed by atoms with van der Waals surface area (Å²) in [5, 5.41) is 0. The Hall–Kier alpha value is -2.14. The molecule has 0 N–H and O–H groups in total. The average Bonchev–Trinajstić information content (AvgIpc) is 2.49. The quantitative estimate of drug-likeness (QED) is 0.785. The maximum absolute atomic E-state index is 12.6. The van der Waals surface area contributed by atoms with E-state index >= 15 is 0 Å². The molecule has 5 heteroatoms. The molecule has 0 radical (unpaired) electrons. The molecule has 2 aromatic rings. The first kappa shape index (κ1) is 13.8. The van der Waals surface area contributed by atoms with Crippen molar-refractivity contribution in [1.29, 1.82) is 0 Å². The molecule has 2 amide bonds. The molecule has 0 saturated carbocycles. The standard InChI is InChI=1S/C16H12BrNO3/c1-21-11-6-7-13(17)14(9-11)18-15(19)8-10-4-2-3-5-12(10)16(18)20/h2-7,9H,8H2,1H3. The van der Waals surface area contributed by atoms with Gasteiger partial charge in [-0.3, -0.25) is 9.59 Å². The first-order chi connectivity index (χ1) is 10.1. The fraction of sp³-hybridized carbons (Fsp3) is 0.125. The molecule has 2 aromatic carbocycles. The molecule has 4 nitrogen and oxygen atoms in total. The Morgan fingerprint density at radius 1 is 1.14 bits per heavy atom. The predicted octanol–water partition coefficient (Wildman–Crippen LogP) is 3.19.